The number of hydrogen-bond donors (Lipinski definition) is 3. The van der Waals surface area contributed by atoms with E-state index in [-0.39, 0.29) is 64.5 Å². The van der Waals surface area contributed by atoms with Crippen molar-refractivity contribution in [2.75, 3.05) is 7.11 Å². The van der Waals surface area contributed by atoms with Gasteiger partial charge in [0.05, 0.1) is 25.4 Å². The van der Waals surface area contributed by atoms with Gasteiger partial charge in [0.2, 0.25) is 5.75 Å². The topological polar surface area (TPSA) is 115 Å². The van der Waals surface area contributed by atoms with Crippen LogP contribution in [0.3, 0.4) is 0 Å². The molecule has 6 bridgehead atoms. The van der Waals surface area contributed by atoms with E-state index in [0.717, 1.165) is 44.1 Å². The van der Waals surface area contributed by atoms with Crippen LogP contribution < -0.4 is 9.47 Å². The number of fused-ring (bicyclic) bond motifs is 6. The van der Waals surface area contributed by atoms with Crippen LogP contribution in [0, 0.1) is 29.1 Å². The van der Waals surface area contributed by atoms with E-state index in [0.29, 0.717) is 37.0 Å². The maximum absolute atomic E-state index is 12.0. The van der Waals surface area contributed by atoms with Crippen LogP contribution >= 0.6 is 0 Å². The summed E-state index contributed by atoms with van der Waals surface area (Å²) < 4.78 is 24.2. The molecule has 42 heavy (non-hydrogen) atoms. The molecule has 0 unspecified atom stereocenters. The number of methoxy groups -OCH3 is 1. The average molecular weight is 577 g/mol. The Kier molecular flexibility index (Phi) is 7.89. The molecule has 0 aromatic heterocycles. The minimum Gasteiger partial charge on any atom is -0.504 e. The largest absolute Gasteiger partial charge is 0.504 e. The van der Waals surface area contributed by atoms with Gasteiger partial charge in [-0.3, -0.25) is 4.79 Å². The molecule has 2 aliphatic carbocycles. The molecule has 2 aromatic carbocycles. The molecule has 2 heterocycles. The van der Waals surface area contributed by atoms with E-state index in [1.807, 2.05) is 12.1 Å². The zero-order valence-electron chi connectivity index (χ0n) is 24.3. The Bertz CT molecular complexity index is 1390. The molecule has 2 aromatic rings. The Morgan fingerprint density at radius 1 is 1.10 bits per heavy atom. The molecule has 1 spiro atoms. The summed E-state index contributed by atoms with van der Waals surface area (Å²) in [5.74, 6) is 7.33. The molecule has 0 radical (unpaired) electrons. The first-order valence-corrected chi connectivity index (χ1v) is 15.1. The van der Waals surface area contributed by atoms with Crippen LogP contribution in [-0.4, -0.2) is 46.7 Å². The molecule has 8 nitrogen and oxygen atoms in total. The van der Waals surface area contributed by atoms with Crippen molar-refractivity contribution in [1.82, 2.24) is 0 Å². The lowest BCUT2D eigenvalue weighted by molar-refractivity contribution is -0.164. The molecule has 0 amide bonds. The minimum atomic E-state index is -0.494. The Hall–Kier alpha value is -3.57. The standard InChI is InChI=1S/C34H40O8/c1-20(35)40-26-17-29-22(13-21-8-9-27(36)31(14-21)39-2)5-3-6-24-7-4-11-34(24)12-10-25(19-34)41-32-16-23(30(18-26)42-29)15-28(37)33(32)38/h8-9,14-16,22,24-26,29-30,36-38H,4-5,7,10-13,17-19H2,1-2H3/t22-,24+,25-,26-,29+,30+,34-/m0/s1. The third-order valence-electron chi connectivity index (χ3n) is 9.80. The summed E-state index contributed by atoms with van der Waals surface area (Å²) in [4.78, 5) is 12.0. The van der Waals surface area contributed by atoms with Gasteiger partial charge in [0.25, 0.3) is 0 Å². The van der Waals surface area contributed by atoms with Crippen LogP contribution in [0.2, 0.25) is 0 Å². The fourth-order valence-corrected chi connectivity index (χ4v) is 7.75. The lowest BCUT2D eigenvalue weighted by Crippen LogP contribution is -2.39. The summed E-state index contributed by atoms with van der Waals surface area (Å²) >= 11 is 0. The number of hydrogen-bond acceptors (Lipinski definition) is 8. The zero-order valence-corrected chi connectivity index (χ0v) is 24.3. The molecular formula is C34H40O8. The zero-order chi connectivity index (χ0) is 29.4. The summed E-state index contributed by atoms with van der Waals surface area (Å²) in [6.07, 6.45) is 7.04. The first-order valence-electron chi connectivity index (χ1n) is 15.1. The Balaban J connectivity index is 1.41. The van der Waals surface area contributed by atoms with Crippen molar-refractivity contribution in [2.45, 2.75) is 95.5 Å². The number of carbonyl (C=O) groups is 1. The van der Waals surface area contributed by atoms with Crippen molar-refractivity contribution in [3.63, 3.8) is 0 Å². The Morgan fingerprint density at radius 2 is 1.95 bits per heavy atom. The molecule has 8 heteroatoms. The van der Waals surface area contributed by atoms with E-state index in [1.165, 1.54) is 20.1 Å². The van der Waals surface area contributed by atoms with Crippen molar-refractivity contribution in [3.05, 3.63) is 41.5 Å². The van der Waals surface area contributed by atoms with Gasteiger partial charge in [-0.15, -0.1) is 5.92 Å². The molecule has 224 valence electrons. The quantitative estimate of drug-likeness (QED) is 0.233. The normalized spacial score (nSPS) is 31.9. The first kappa shape index (κ1) is 28.5. The number of ether oxygens (including phenoxy) is 4. The predicted molar refractivity (Wildman–Crippen MR) is 154 cm³/mol. The second-order valence-electron chi connectivity index (χ2n) is 12.5. The highest BCUT2D eigenvalue weighted by atomic mass is 16.6. The van der Waals surface area contributed by atoms with Gasteiger partial charge >= 0.3 is 5.97 Å². The fraction of sp³-hybridized carbons (Fsp3) is 0.559. The van der Waals surface area contributed by atoms with Crippen LogP contribution in [0.5, 0.6) is 28.7 Å². The SMILES string of the molecule is COc1cc(C[C@@H]2CC#C[C@@H]3CCC[C@@]34CC[C@@H](C4)Oc3cc(cc(O)c3O)[C@H]3C[C@@H](OC(C)=O)C[C@H]2O3)ccc1O. The predicted octanol–water partition coefficient (Wildman–Crippen LogP) is 5.95. The molecule has 4 aliphatic rings. The highest BCUT2D eigenvalue weighted by molar-refractivity contribution is 5.66. The minimum absolute atomic E-state index is 0.0344. The smallest absolute Gasteiger partial charge is 0.302 e. The van der Waals surface area contributed by atoms with Gasteiger partial charge in [-0.1, -0.05) is 18.4 Å². The number of rotatable bonds is 4. The lowest BCUT2D eigenvalue weighted by Gasteiger charge is -2.39. The molecule has 3 fully saturated rings. The number of aromatic hydroxyl groups is 3. The monoisotopic (exact) mass is 576 g/mol. The van der Waals surface area contributed by atoms with Gasteiger partial charge in [0.15, 0.2) is 23.0 Å². The van der Waals surface area contributed by atoms with Gasteiger partial charge in [0.1, 0.15) is 6.10 Å². The second-order valence-corrected chi connectivity index (χ2v) is 12.5. The maximum atomic E-state index is 12.0. The van der Waals surface area contributed by atoms with Gasteiger partial charge in [0, 0.05) is 38.0 Å². The number of carbonyl (C=O) groups excluding carboxylic acids is 1. The van der Waals surface area contributed by atoms with Gasteiger partial charge in [-0.05, 0) is 79.3 Å². The number of benzene rings is 2. The van der Waals surface area contributed by atoms with Crippen LogP contribution in [0.1, 0.15) is 81.9 Å². The average Bonchev–Trinajstić information content (AvgIpc) is 3.55. The summed E-state index contributed by atoms with van der Waals surface area (Å²) in [5, 5.41) is 31.6. The van der Waals surface area contributed by atoms with Crippen molar-refractivity contribution >= 4 is 5.97 Å². The molecule has 2 saturated carbocycles. The summed E-state index contributed by atoms with van der Waals surface area (Å²) in [6, 6.07) is 8.64. The van der Waals surface area contributed by atoms with Crippen molar-refractivity contribution in [1.29, 1.82) is 0 Å². The third-order valence-corrected chi connectivity index (χ3v) is 9.80. The van der Waals surface area contributed by atoms with Gasteiger partial charge in [-0.25, -0.2) is 0 Å². The molecule has 7 atom stereocenters. The maximum Gasteiger partial charge on any atom is 0.302 e. The number of phenolic OH excluding ortho intramolecular Hbond substituents is 3. The van der Waals surface area contributed by atoms with E-state index >= 15 is 0 Å². The van der Waals surface area contributed by atoms with Gasteiger partial charge < -0.3 is 34.3 Å². The first-order chi connectivity index (χ1) is 20.2. The highest BCUT2D eigenvalue weighted by Gasteiger charge is 2.48. The van der Waals surface area contributed by atoms with E-state index in [4.69, 9.17) is 18.9 Å². The van der Waals surface area contributed by atoms with Crippen LogP contribution in [0.4, 0.5) is 0 Å². The Morgan fingerprint density at radius 3 is 2.76 bits per heavy atom. The van der Waals surface area contributed by atoms with Crippen LogP contribution in [0.15, 0.2) is 30.3 Å². The van der Waals surface area contributed by atoms with E-state index < -0.39 is 6.10 Å². The Labute approximate surface area is 246 Å². The lowest BCUT2D eigenvalue weighted by atomic mass is 9.76. The number of phenols is 3. The summed E-state index contributed by atoms with van der Waals surface area (Å²) in [6.45, 7) is 1.41. The molecule has 6 rings (SSSR count). The van der Waals surface area contributed by atoms with E-state index in [9.17, 15) is 20.1 Å². The van der Waals surface area contributed by atoms with Crippen molar-refractivity contribution in [2.24, 2.45) is 17.3 Å². The highest BCUT2D eigenvalue weighted by Crippen LogP contribution is 2.55. The summed E-state index contributed by atoms with van der Waals surface area (Å²) in [7, 11) is 1.53. The molecular weight excluding hydrogens is 536 g/mol. The second kappa shape index (κ2) is 11.6. The van der Waals surface area contributed by atoms with E-state index in [2.05, 4.69) is 11.8 Å². The molecule has 1 saturated heterocycles. The molecule has 2 aliphatic heterocycles. The number of esters is 1. The van der Waals surface area contributed by atoms with Crippen LogP contribution in [0.25, 0.3) is 0 Å². The summed E-state index contributed by atoms with van der Waals surface area (Å²) in [5.41, 5.74) is 1.76. The van der Waals surface area contributed by atoms with Crippen molar-refractivity contribution in [3.8, 4) is 40.6 Å². The fourth-order valence-electron chi connectivity index (χ4n) is 7.75. The molecule has 3 N–H and O–H groups in total. The van der Waals surface area contributed by atoms with E-state index in [1.54, 1.807) is 12.1 Å². The van der Waals surface area contributed by atoms with Crippen LogP contribution in [-0.2, 0) is 20.7 Å². The van der Waals surface area contributed by atoms with Gasteiger partial charge in [-0.2, -0.15) is 0 Å². The third kappa shape index (κ3) is 5.72. The van der Waals surface area contributed by atoms with Crippen molar-refractivity contribution < 1.29 is 39.1 Å².